The van der Waals surface area contributed by atoms with E-state index in [0.717, 1.165) is 51.4 Å². The fourth-order valence-electron chi connectivity index (χ4n) is 9.21. The molecule has 400 valence electrons. The first-order valence-corrected chi connectivity index (χ1v) is 30.3. The molecule has 2 unspecified atom stereocenters. The number of carbonyl (C=O) groups is 2. The Bertz CT molecular complexity index is 1100. The number of aliphatic hydroxyl groups is 2. The van der Waals surface area contributed by atoms with Crippen molar-refractivity contribution in [3.63, 3.8) is 0 Å². The van der Waals surface area contributed by atoms with E-state index in [4.69, 9.17) is 4.74 Å². The van der Waals surface area contributed by atoms with E-state index in [1.807, 2.05) is 6.08 Å². The molecule has 2 atom stereocenters. The van der Waals surface area contributed by atoms with Gasteiger partial charge >= 0.3 is 5.97 Å². The molecule has 0 aliphatic rings. The average Bonchev–Trinajstić information content (AvgIpc) is 3.34. The first-order chi connectivity index (χ1) is 33.5. The number of allylic oxidation sites excluding steroid dienone is 5. The van der Waals surface area contributed by atoms with Gasteiger partial charge in [0.15, 0.2) is 0 Å². The van der Waals surface area contributed by atoms with Gasteiger partial charge in [-0.2, -0.15) is 0 Å². The van der Waals surface area contributed by atoms with Gasteiger partial charge in [0.25, 0.3) is 0 Å². The number of aliphatic hydroxyl groups excluding tert-OH is 2. The summed E-state index contributed by atoms with van der Waals surface area (Å²) in [6, 6.07) is -0.634. The summed E-state index contributed by atoms with van der Waals surface area (Å²) in [6.07, 6.45) is 71.7. The van der Waals surface area contributed by atoms with Gasteiger partial charge in [-0.15, -0.1) is 0 Å². The van der Waals surface area contributed by atoms with Crippen molar-refractivity contribution in [2.24, 2.45) is 0 Å². The Morgan fingerprint density at radius 2 is 0.691 bits per heavy atom. The fraction of sp³-hybridized carbons (Fsp3) is 0.871. The molecule has 6 nitrogen and oxygen atoms in total. The van der Waals surface area contributed by atoms with Crippen molar-refractivity contribution in [1.29, 1.82) is 0 Å². The predicted molar refractivity (Wildman–Crippen MR) is 296 cm³/mol. The number of ether oxygens (including phenoxy) is 1. The van der Waals surface area contributed by atoms with Crippen molar-refractivity contribution in [1.82, 2.24) is 5.32 Å². The van der Waals surface area contributed by atoms with Crippen LogP contribution in [-0.4, -0.2) is 47.4 Å². The van der Waals surface area contributed by atoms with Gasteiger partial charge in [-0.1, -0.05) is 262 Å². The largest absolute Gasteiger partial charge is 0.466 e. The molecule has 6 heteroatoms. The summed E-state index contributed by atoms with van der Waals surface area (Å²) in [5.41, 5.74) is 0. The highest BCUT2D eigenvalue weighted by Gasteiger charge is 2.18. The maximum atomic E-state index is 12.4. The Morgan fingerprint density at radius 3 is 1.04 bits per heavy atom. The first-order valence-electron chi connectivity index (χ1n) is 30.3. The summed E-state index contributed by atoms with van der Waals surface area (Å²) < 4.78 is 5.48. The second-order valence-corrected chi connectivity index (χ2v) is 20.7. The van der Waals surface area contributed by atoms with Gasteiger partial charge in [0.1, 0.15) is 0 Å². The quantitative estimate of drug-likeness (QED) is 0.0321. The zero-order chi connectivity index (χ0) is 49.3. The number of hydrogen-bond donors (Lipinski definition) is 3. The molecule has 0 saturated carbocycles. The summed E-state index contributed by atoms with van der Waals surface area (Å²) in [5, 5.41) is 23.1. The SMILES string of the molecule is CCCCCCCC/C=C\CCCCCCCCCC(=O)OCCCCCCCCCCC/C=C\CCCCCCCCCC(=O)NC(CO)C(O)/C=C/CCCCCCCCCCCCCC. The van der Waals surface area contributed by atoms with Crippen LogP contribution in [0.1, 0.15) is 322 Å². The topological polar surface area (TPSA) is 95.9 Å². The van der Waals surface area contributed by atoms with E-state index in [1.54, 1.807) is 6.08 Å². The van der Waals surface area contributed by atoms with Crippen LogP contribution in [0.2, 0.25) is 0 Å². The number of rotatable bonds is 56. The highest BCUT2D eigenvalue weighted by atomic mass is 16.5. The van der Waals surface area contributed by atoms with Crippen molar-refractivity contribution < 1.29 is 24.5 Å². The molecule has 0 aliphatic carbocycles. The lowest BCUT2D eigenvalue weighted by atomic mass is 10.0. The lowest BCUT2D eigenvalue weighted by Crippen LogP contribution is -2.45. The number of hydrogen-bond acceptors (Lipinski definition) is 5. The Hall–Kier alpha value is -1.92. The minimum Gasteiger partial charge on any atom is -0.466 e. The van der Waals surface area contributed by atoms with E-state index in [2.05, 4.69) is 43.5 Å². The maximum absolute atomic E-state index is 12.4. The molecule has 0 bridgehead atoms. The second kappa shape index (κ2) is 57.7. The second-order valence-electron chi connectivity index (χ2n) is 20.7. The monoisotopic (exact) mass is 956 g/mol. The molecule has 0 heterocycles. The van der Waals surface area contributed by atoms with Crippen LogP contribution in [0.5, 0.6) is 0 Å². The first kappa shape index (κ1) is 66.1. The van der Waals surface area contributed by atoms with Crippen LogP contribution in [-0.2, 0) is 14.3 Å². The number of amides is 1. The summed E-state index contributed by atoms with van der Waals surface area (Å²) in [5.74, 6) is -0.0742. The molecule has 68 heavy (non-hydrogen) atoms. The standard InChI is InChI=1S/C62H117NO5/c1-3-5-7-9-11-13-15-17-19-24-28-32-36-40-44-48-52-56-62(67)68-57-53-49-45-41-37-33-29-26-23-21-20-22-25-27-31-35-39-43-47-51-55-61(66)63-59(58-64)60(65)54-50-46-42-38-34-30-18-16-14-12-10-8-6-4-2/h17,19-20,22,50,54,59-60,64-65H,3-16,18,21,23-49,51-53,55-58H2,1-2H3,(H,63,66)/b19-17-,22-20-,54-50+. The fourth-order valence-corrected chi connectivity index (χ4v) is 9.21. The minimum atomic E-state index is -0.850. The maximum Gasteiger partial charge on any atom is 0.305 e. The third-order valence-electron chi connectivity index (χ3n) is 13.9. The Morgan fingerprint density at radius 1 is 0.397 bits per heavy atom. The van der Waals surface area contributed by atoms with Crippen molar-refractivity contribution in [3.8, 4) is 0 Å². The normalized spacial score (nSPS) is 12.8. The lowest BCUT2D eigenvalue weighted by molar-refractivity contribution is -0.143. The Kier molecular flexibility index (Phi) is 56.0. The smallest absolute Gasteiger partial charge is 0.305 e. The zero-order valence-corrected chi connectivity index (χ0v) is 45.6. The number of carbonyl (C=O) groups excluding carboxylic acids is 2. The van der Waals surface area contributed by atoms with Crippen molar-refractivity contribution >= 4 is 11.9 Å². The van der Waals surface area contributed by atoms with Gasteiger partial charge < -0.3 is 20.3 Å². The van der Waals surface area contributed by atoms with E-state index >= 15 is 0 Å². The Labute approximate surface area is 424 Å². The van der Waals surface area contributed by atoms with Crippen LogP contribution in [0.15, 0.2) is 36.5 Å². The van der Waals surface area contributed by atoms with Crippen LogP contribution < -0.4 is 5.32 Å². The van der Waals surface area contributed by atoms with Gasteiger partial charge in [0.05, 0.1) is 25.4 Å². The van der Waals surface area contributed by atoms with Crippen LogP contribution in [0.25, 0.3) is 0 Å². The third kappa shape index (κ3) is 53.4. The van der Waals surface area contributed by atoms with Crippen LogP contribution >= 0.6 is 0 Å². The molecular weight excluding hydrogens is 839 g/mol. The lowest BCUT2D eigenvalue weighted by Gasteiger charge is -2.20. The molecule has 0 fully saturated rings. The summed E-state index contributed by atoms with van der Waals surface area (Å²) >= 11 is 0. The molecule has 0 aromatic heterocycles. The van der Waals surface area contributed by atoms with Gasteiger partial charge in [-0.3, -0.25) is 9.59 Å². The molecule has 0 saturated heterocycles. The number of esters is 1. The zero-order valence-electron chi connectivity index (χ0n) is 45.6. The highest BCUT2D eigenvalue weighted by Crippen LogP contribution is 2.16. The molecule has 3 N–H and O–H groups in total. The van der Waals surface area contributed by atoms with Crippen LogP contribution in [0.3, 0.4) is 0 Å². The molecule has 0 rings (SSSR count). The molecule has 0 aromatic rings. The third-order valence-corrected chi connectivity index (χ3v) is 13.9. The summed E-state index contributed by atoms with van der Waals surface area (Å²) in [6.45, 7) is 4.89. The van der Waals surface area contributed by atoms with Gasteiger partial charge in [0, 0.05) is 12.8 Å². The van der Waals surface area contributed by atoms with Gasteiger partial charge in [-0.25, -0.2) is 0 Å². The van der Waals surface area contributed by atoms with Gasteiger partial charge in [0.2, 0.25) is 5.91 Å². The van der Waals surface area contributed by atoms with E-state index in [1.165, 1.54) is 244 Å². The Balaban J connectivity index is 3.44. The van der Waals surface area contributed by atoms with Gasteiger partial charge in [-0.05, 0) is 83.5 Å². The highest BCUT2D eigenvalue weighted by molar-refractivity contribution is 5.76. The van der Waals surface area contributed by atoms with Crippen molar-refractivity contribution in [2.75, 3.05) is 13.2 Å². The number of unbranched alkanes of at least 4 members (excludes halogenated alkanes) is 41. The number of nitrogens with one attached hydrogen (secondary N) is 1. The van der Waals surface area contributed by atoms with E-state index in [9.17, 15) is 19.8 Å². The summed E-state index contributed by atoms with van der Waals surface area (Å²) in [4.78, 5) is 24.5. The average molecular weight is 957 g/mol. The van der Waals surface area contributed by atoms with Crippen LogP contribution in [0, 0.1) is 0 Å². The molecule has 0 aromatic carbocycles. The molecule has 0 spiro atoms. The summed E-state index contributed by atoms with van der Waals surface area (Å²) in [7, 11) is 0. The van der Waals surface area contributed by atoms with E-state index in [-0.39, 0.29) is 18.5 Å². The van der Waals surface area contributed by atoms with Crippen molar-refractivity contribution in [3.05, 3.63) is 36.5 Å². The van der Waals surface area contributed by atoms with E-state index < -0.39 is 12.1 Å². The molecule has 0 aliphatic heterocycles. The van der Waals surface area contributed by atoms with Crippen molar-refractivity contribution in [2.45, 2.75) is 334 Å². The predicted octanol–water partition coefficient (Wildman–Crippen LogP) is 18.8. The van der Waals surface area contributed by atoms with Crippen LogP contribution in [0.4, 0.5) is 0 Å². The van der Waals surface area contributed by atoms with E-state index in [0.29, 0.717) is 19.4 Å². The minimum absolute atomic E-state index is 0.00211. The molecule has 0 radical (unpaired) electrons. The molecule has 1 amide bonds. The molecular formula is C62H117NO5.